The molecule has 2 aliphatic carbocycles. The zero-order valence-electron chi connectivity index (χ0n) is 13.7. The van der Waals surface area contributed by atoms with Gasteiger partial charge in [0, 0.05) is 0 Å². The van der Waals surface area contributed by atoms with Crippen LogP contribution in [0.15, 0.2) is 11.6 Å². The molecule has 1 saturated carbocycles. The molecule has 0 aliphatic heterocycles. The third kappa shape index (κ3) is 2.63. The second kappa shape index (κ2) is 4.91. The van der Waals surface area contributed by atoms with Crippen molar-refractivity contribution in [2.24, 2.45) is 28.6 Å². The predicted octanol–water partition coefficient (Wildman–Crippen LogP) is 4.80. The van der Waals surface area contributed by atoms with Gasteiger partial charge in [-0.05, 0) is 54.3 Å². The van der Waals surface area contributed by atoms with E-state index in [4.69, 9.17) is 0 Å². The lowest BCUT2D eigenvalue weighted by molar-refractivity contribution is -0.00871. The van der Waals surface area contributed by atoms with Gasteiger partial charge in [-0.25, -0.2) is 0 Å². The Balaban J connectivity index is 2.40. The van der Waals surface area contributed by atoms with Crippen molar-refractivity contribution in [1.29, 1.82) is 0 Å². The van der Waals surface area contributed by atoms with Gasteiger partial charge in [0.25, 0.3) is 0 Å². The fourth-order valence-corrected chi connectivity index (χ4v) is 4.87. The lowest BCUT2D eigenvalue weighted by Gasteiger charge is -2.55. The van der Waals surface area contributed by atoms with Crippen molar-refractivity contribution in [2.45, 2.75) is 73.3 Å². The van der Waals surface area contributed by atoms with Gasteiger partial charge in [0.15, 0.2) is 0 Å². The summed E-state index contributed by atoms with van der Waals surface area (Å²) in [6, 6.07) is 0. The number of fused-ring (bicyclic) bond motifs is 1. The van der Waals surface area contributed by atoms with Crippen LogP contribution in [0.5, 0.6) is 0 Å². The number of aliphatic hydroxyl groups is 1. The van der Waals surface area contributed by atoms with Crippen LogP contribution in [0.3, 0.4) is 0 Å². The van der Waals surface area contributed by atoms with Crippen LogP contribution in [-0.4, -0.2) is 11.2 Å². The van der Waals surface area contributed by atoms with Gasteiger partial charge < -0.3 is 5.11 Å². The highest BCUT2D eigenvalue weighted by molar-refractivity contribution is 5.24. The van der Waals surface area contributed by atoms with Gasteiger partial charge in [-0.3, -0.25) is 0 Å². The fourth-order valence-electron chi connectivity index (χ4n) is 4.87. The summed E-state index contributed by atoms with van der Waals surface area (Å²) in [4.78, 5) is 0. The Morgan fingerprint density at radius 2 is 1.95 bits per heavy atom. The SMILES string of the molecule is CC(C)C1C(C(C)(C)C)CC=C2C[C@@H](O)CCC21C. The van der Waals surface area contributed by atoms with E-state index in [9.17, 15) is 5.11 Å². The van der Waals surface area contributed by atoms with Crippen molar-refractivity contribution in [3.63, 3.8) is 0 Å². The molecule has 0 aromatic heterocycles. The van der Waals surface area contributed by atoms with E-state index in [1.807, 2.05) is 0 Å². The number of rotatable bonds is 1. The molecule has 0 aromatic carbocycles. The molecule has 0 aromatic rings. The molecule has 3 unspecified atom stereocenters. The Hall–Kier alpha value is -0.300. The summed E-state index contributed by atoms with van der Waals surface area (Å²) < 4.78 is 0. The highest BCUT2D eigenvalue weighted by Gasteiger charge is 2.50. The molecule has 4 atom stereocenters. The molecule has 1 nitrogen and oxygen atoms in total. The van der Waals surface area contributed by atoms with E-state index < -0.39 is 0 Å². The van der Waals surface area contributed by atoms with Crippen molar-refractivity contribution < 1.29 is 5.11 Å². The van der Waals surface area contributed by atoms with Gasteiger partial charge in [-0.1, -0.05) is 53.2 Å². The fraction of sp³-hybridized carbons (Fsp3) is 0.889. The van der Waals surface area contributed by atoms with Gasteiger partial charge in [0.05, 0.1) is 6.10 Å². The maximum absolute atomic E-state index is 9.97. The summed E-state index contributed by atoms with van der Waals surface area (Å²) in [6.07, 6.45) is 6.62. The van der Waals surface area contributed by atoms with Crippen LogP contribution in [0, 0.1) is 28.6 Å². The molecule has 1 heteroatoms. The lowest BCUT2D eigenvalue weighted by atomic mass is 9.50. The topological polar surface area (TPSA) is 20.2 Å². The second-order valence-electron chi connectivity index (χ2n) is 8.52. The van der Waals surface area contributed by atoms with Crippen molar-refractivity contribution in [1.82, 2.24) is 0 Å². The molecule has 2 rings (SSSR count). The summed E-state index contributed by atoms with van der Waals surface area (Å²) in [5.41, 5.74) is 2.24. The highest BCUT2D eigenvalue weighted by Crippen LogP contribution is 2.58. The minimum atomic E-state index is -0.0988. The molecular weight excluding hydrogens is 232 g/mol. The monoisotopic (exact) mass is 264 g/mol. The van der Waals surface area contributed by atoms with Crippen LogP contribution in [0.4, 0.5) is 0 Å². The smallest absolute Gasteiger partial charge is 0.0577 e. The number of aliphatic hydroxyl groups excluding tert-OH is 1. The molecule has 0 saturated heterocycles. The van der Waals surface area contributed by atoms with Gasteiger partial charge in [0.2, 0.25) is 0 Å². The summed E-state index contributed by atoms with van der Waals surface area (Å²) >= 11 is 0. The first-order chi connectivity index (χ1) is 8.66. The number of hydrogen-bond donors (Lipinski definition) is 1. The third-order valence-corrected chi connectivity index (χ3v) is 5.80. The second-order valence-corrected chi connectivity index (χ2v) is 8.52. The van der Waals surface area contributed by atoms with Crippen molar-refractivity contribution in [3.05, 3.63) is 11.6 Å². The van der Waals surface area contributed by atoms with Gasteiger partial charge in [-0.2, -0.15) is 0 Å². The molecule has 0 spiro atoms. The molecular formula is C18H32O. The maximum Gasteiger partial charge on any atom is 0.0577 e. The molecule has 1 N–H and O–H groups in total. The first kappa shape index (κ1) is 15.1. The zero-order valence-corrected chi connectivity index (χ0v) is 13.7. The van der Waals surface area contributed by atoms with Crippen LogP contribution in [0.25, 0.3) is 0 Å². The predicted molar refractivity (Wildman–Crippen MR) is 81.9 cm³/mol. The number of hydrogen-bond acceptors (Lipinski definition) is 1. The minimum Gasteiger partial charge on any atom is -0.393 e. The van der Waals surface area contributed by atoms with E-state index in [0.29, 0.717) is 16.7 Å². The van der Waals surface area contributed by atoms with E-state index in [2.05, 4.69) is 47.6 Å². The highest BCUT2D eigenvalue weighted by atomic mass is 16.3. The van der Waals surface area contributed by atoms with Gasteiger partial charge in [0.1, 0.15) is 0 Å². The molecule has 0 radical (unpaired) electrons. The van der Waals surface area contributed by atoms with Crippen LogP contribution in [0.2, 0.25) is 0 Å². The van der Waals surface area contributed by atoms with E-state index in [-0.39, 0.29) is 6.10 Å². The lowest BCUT2D eigenvalue weighted by Crippen LogP contribution is -2.47. The summed E-state index contributed by atoms with van der Waals surface area (Å²) in [5.74, 6) is 2.23. The van der Waals surface area contributed by atoms with Crippen molar-refractivity contribution in [2.75, 3.05) is 0 Å². The largest absolute Gasteiger partial charge is 0.393 e. The van der Waals surface area contributed by atoms with Crippen molar-refractivity contribution >= 4 is 0 Å². The van der Waals surface area contributed by atoms with Crippen LogP contribution >= 0.6 is 0 Å². The van der Waals surface area contributed by atoms with Crippen LogP contribution < -0.4 is 0 Å². The Morgan fingerprint density at radius 3 is 2.47 bits per heavy atom. The van der Waals surface area contributed by atoms with E-state index in [1.54, 1.807) is 5.57 Å². The number of allylic oxidation sites excluding steroid dienone is 1. The Bertz CT molecular complexity index is 360. The normalized spacial score (nSPS) is 40.0. The molecule has 2 aliphatic rings. The first-order valence-electron chi connectivity index (χ1n) is 8.04. The van der Waals surface area contributed by atoms with Crippen molar-refractivity contribution in [3.8, 4) is 0 Å². The standard InChI is InChI=1S/C18H32O/c1-12(2)16-15(17(3,4)5)8-7-13-11-14(19)9-10-18(13,16)6/h7,12,14-16,19H,8-11H2,1-6H3/t14-,15?,16?,18?/m0/s1. The minimum absolute atomic E-state index is 0.0988. The molecule has 0 bridgehead atoms. The summed E-state index contributed by atoms with van der Waals surface area (Å²) in [5, 5.41) is 9.97. The quantitative estimate of drug-likeness (QED) is 0.674. The average Bonchev–Trinajstić information content (AvgIpc) is 2.26. The van der Waals surface area contributed by atoms with Gasteiger partial charge in [-0.15, -0.1) is 0 Å². The van der Waals surface area contributed by atoms with E-state index >= 15 is 0 Å². The Labute approximate surface area is 119 Å². The van der Waals surface area contributed by atoms with E-state index in [1.165, 1.54) is 6.42 Å². The maximum atomic E-state index is 9.97. The Kier molecular flexibility index (Phi) is 3.90. The Morgan fingerprint density at radius 1 is 1.32 bits per heavy atom. The van der Waals surface area contributed by atoms with Crippen LogP contribution in [-0.2, 0) is 0 Å². The average molecular weight is 264 g/mol. The van der Waals surface area contributed by atoms with E-state index in [0.717, 1.165) is 31.1 Å². The third-order valence-electron chi connectivity index (χ3n) is 5.80. The molecule has 110 valence electrons. The van der Waals surface area contributed by atoms with Crippen LogP contribution in [0.1, 0.15) is 67.2 Å². The zero-order chi connectivity index (χ0) is 14.4. The summed E-state index contributed by atoms with van der Waals surface area (Å²) in [6.45, 7) is 14.4. The molecule has 0 heterocycles. The molecule has 0 amide bonds. The first-order valence-corrected chi connectivity index (χ1v) is 8.04. The van der Waals surface area contributed by atoms with Gasteiger partial charge >= 0.3 is 0 Å². The summed E-state index contributed by atoms with van der Waals surface area (Å²) in [7, 11) is 0. The molecule has 1 fully saturated rings. The molecule has 19 heavy (non-hydrogen) atoms.